The van der Waals surface area contributed by atoms with E-state index in [1.807, 2.05) is 57.2 Å². The molecule has 8 heteroatoms. The van der Waals surface area contributed by atoms with Crippen molar-refractivity contribution in [2.24, 2.45) is 0 Å². The largest absolute Gasteiger partial charge is 0.355 e. The van der Waals surface area contributed by atoms with Gasteiger partial charge < -0.3 is 10.2 Å². The number of amides is 2. The van der Waals surface area contributed by atoms with Crippen molar-refractivity contribution in [2.75, 3.05) is 23.7 Å². The summed E-state index contributed by atoms with van der Waals surface area (Å²) in [5.74, 6) is -0.735. The number of carbonyl (C=O) groups is 2. The second kappa shape index (κ2) is 10.6. The van der Waals surface area contributed by atoms with Gasteiger partial charge in [-0.1, -0.05) is 42.0 Å². The Hall–Kier alpha value is -2.87. The van der Waals surface area contributed by atoms with Crippen molar-refractivity contribution in [2.45, 2.75) is 47.2 Å². The van der Waals surface area contributed by atoms with Gasteiger partial charge in [0.05, 0.1) is 11.9 Å². The van der Waals surface area contributed by atoms with Gasteiger partial charge in [-0.2, -0.15) is 0 Å². The van der Waals surface area contributed by atoms with Crippen molar-refractivity contribution < 1.29 is 18.0 Å². The van der Waals surface area contributed by atoms with Gasteiger partial charge in [0.1, 0.15) is 12.6 Å². The maximum Gasteiger partial charge on any atom is 0.244 e. The molecular formula is C24H33N3O4S. The number of carbonyl (C=O) groups excluding carboxylic acids is 2. The molecule has 0 heterocycles. The Labute approximate surface area is 191 Å². The Bertz CT molecular complexity index is 1070. The highest BCUT2D eigenvalue weighted by molar-refractivity contribution is 7.92. The summed E-state index contributed by atoms with van der Waals surface area (Å²) in [7, 11) is -3.74. The molecule has 0 spiro atoms. The molecule has 0 saturated carbocycles. The fourth-order valence-corrected chi connectivity index (χ4v) is 4.28. The van der Waals surface area contributed by atoms with E-state index in [9.17, 15) is 18.0 Å². The first kappa shape index (κ1) is 25.4. The number of sulfonamides is 1. The van der Waals surface area contributed by atoms with Gasteiger partial charge in [0.2, 0.25) is 21.8 Å². The van der Waals surface area contributed by atoms with Crippen LogP contribution in [0.15, 0.2) is 42.5 Å². The zero-order valence-electron chi connectivity index (χ0n) is 19.7. The quantitative estimate of drug-likeness (QED) is 0.625. The van der Waals surface area contributed by atoms with Gasteiger partial charge in [0.25, 0.3) is 0 Å². The third-order valence-electron chi connectivity index (χ3n) is 5.30. The van der Waals surface area contributed by atoms with Gasteiger partial charge in [0.15, 0.2) is 0 Å². The highest BCUT2D eigenvalue weighted by atomic mass is 32.2. The summed E-state index contributed by atoms with van der Waals surface area (Å²) < 4.78 is 26.4. The Balaban J connectivity index is 2.42. The fraction of sp³-hybridized carbons (Fsp3) is 0.417. The Morgan fingerprint density at radius 2 is 1.59 bits per heavy atom. The third kappa shape index (κ3) is 6.56. The predicted octanol–water partition coefficient (Wildman–Crippen LogP) is 2.93. The summed E-state index contributed by atoms with van der Waals surface area (Å²) in [5, 5.41) is 2.74. The number of hydrogen-bond donors (Lipinski definition) is 1. The van der Waals surface area contributed by atoms with Crippen molar-refractivity contribution in [3.63, 3.8) is 0 Å². The van der Waals surface area contributed by atoms with Gasteiger partial charge in [-0.05, 0) is 57.4 Å². The number of rotatable bonds is 9. The third-order valence-corrected chi connectivity index (χ3v) is 6.43. The molecule has 0 aliphatic carbocycles. The number of nitrogens with zero attached hydrogens (tertiary/aromatic N) is 2. The van der Waals surface area contributed by atoms with Gasteiger partial charge >= 0.3 is 0 Å². The van der Waals surface area contributed by atoms with E-state index in [0.717, 1.165) is 32.8 Å². The molecular weight excluding hydrogens is 426 g/mol. The highest BCUT2D eigenvalue weighted by Crippen LogP contribution is 2.24. The molecule has 0 bridgehead atoms. The topological polar surface area (TPSA) is 86.8 Å². The molecule has 32 heavy (non-hydrogen) atoms. The second-order valence-corrected chi connectivity index (χ2v) is 10.0. The molecule has 2 aromatic carbocycles. The summed E-state index contributed by atoms with van der Waals surface area (Å²) >= 11 is 0. The van der Waals surface area contributed by atoms with Gasteiger partial charge in [-0.15, -0.1) is 0 Å². The van der Waals surface area contributed by atoms with Crippen LogP contribution in [0.2, 0.25) is 0 Å². The van der Waals surface area contributed by atoms with Crippen LogP contribution in [-0.2, 0) is 26.2 Å². The molecule has 0 aliphatic heterocycles. The van der Waals surface area contributed by atoms with Crippen LogP contribution in [0.3, 0.4) is 0 Å². The molecule has 174 valence electrons. The predicted molar refractivity (Wildman–Crippen MR) is 128 cm³/mol. The molecule has 0 saturated heterocycles. The fourth-order valence-electron chi connectivity index (χ4n) is 3.38. The minimum Gasteiger partial charge on any atom is -0.355 e. The minimum absolute atomic E-state index is 0.196. The Kier molecular flexibility index (Phi) is 8.44. The van der Waals surface area contributed by atoms with Gasteiger partial charge in [-0.25, -0.2) is 8.42 Å². The van der Waals surface area contributed by atoms with Crippen molar-refractivity contribution in [3.8, 4) is 0 Å². The van der Waals surface area contributed by atoms with Crippen LogP contribution in [0.5, 0.6) is 0 Å². The van der Waals surface area contributed by atoms with Crippen molar-refractivity contribution in [1.82, 2.24) is 10.2 Å². The lowest BCUT2D eigenvalue weighted by molar-refractivity contribution is -0.139. The summed E-state index contributed by atoms with van der Waals surface area (Å²) in [6.45, 7) is 9.35. The molecule has 1 atom stereocenters. The average molecular weight is 460 g/mol. The molecule has 0 aliphatic rings. The number of benzene rings is 2. The van der Waals surface area contributed by atoms with Crippen LogP contribution in [0.4, 0.5) is 5.69 Å². The molecule has 1 N–H and O–H groups in total. The smallest absolute Gasteiger partial charge is 0.244 e. The summed E-state index contributed by atoms with van der Waals surface area (Å²) in [6, 6.07) is 12.4. The SMILES string of the molecule is CCNC(=O)[C@H](C)N(Cc1ccc(C)cc1)C(=O)CN(c1cc(C)ccc1C)S(C)(=O)=O. The molecule has 0 radical (unpaired) electrons. The van der Waals surface area contributed by atoms with Crippen LogP contribution in [0.25, 0.3) is 0 Å². The highest BCUT2D eigenvalue weighted by Gasteiger charge is 2.30. The number of hydrogen-bond acceptors (Lipinski definition) is 4. The minimum atomic E-state index is -3.74. The second-order valence-electron chi connectivity index (χ2n) is 8.14. The zero-order valence-corrected chi connectivity index (χ0v) is 20.5. The molecule has 2 amide bonds. The van der Waals surface area contributed by atoms with E-state index in [0.29, 0.717) is 12.2 Å². The van der Waals surface area contributed by atoms with Crippen LogP contribution in [0.1, 0.15) is 36.1 Å². The Morgan fingerprint density at radius 3 is 2.16 bits per heavy atom. The summed E-state index contributed by atoms with van der Waals surface area (Å²) in [6.07, 6.45) is 1.08. The molecule has 2 aromatic rings. The standard InChI is InChI=1S/C24H33N3O4S/c1-7-25-24(29)20(5)26(15-21-12-9-17(2)10-13-21)23(28)16-27(32(6,30)31)22-14-18(3)8-11-19(22)4/h8-14,20H,7,15-16H2,1-6H3,(H,25,29)/t20-/m0/s1. The average Bonchev–Trinajstić information content (AvgIpc) is 2.72. The maximum absolute atomic E-state index is 13.4. The van der Waals surface area contributed by atoms with E-state index < -0.39 is 28.5 Å². The number of nitrogens with one attached hydrogen (secondary N) is 1. The molecule has 2 rings (SSSR count). The molecule has 7 nitrogen and oxygen atoms in total. The van der Waals surface area contributed by atoms with Crippen LogP contribution >= 0.6 is 0 Å². The van der Waals surface area contributed by atoms with E-state index >= 15 is 0 Å². The van der Waals surface area contributed by atoms with Gasteiger partial charge in [0, 0.05) is 13.1 Å². The maximum atomic E-state index is 13.4. The summed E-state index contributed by atoms with van der Waals surface area (Å²) in [4.78, 5) is 27.4. The van der Waals surface area contributed by atoms with E-state index in [1.165, 1.54) is 4.90 Å². The molecule has 0 fully saturated rings. The van der Waals surface area contributed by atoms with E-state index in [2.05, 4.69) is 5.32 Å². The lowest BCUT2D eigenvalue weighted by Crippen LogP contribution is -2.51. The van der Waals surface area contributed by atoms with Crippen LogP contribution in [0, 0.1) is 20.8 Å². The molecule has 0 unspecified atom stereocenters. The number of likely N-dealkylation sites (N-methyl/N-ethyl adjacent to an activating group) is 1. The first-order valence-corrected chi connectivity index (χ1v) is 12.5. The van der Waals surface area contributed by atoms with Crippen molar-refractivity contribution >= 4 is 27.5 Å². The van der Waals surface area contributed by atoms with E-state index in [1.54, 1.807) is 19.9 Å². The van der Waals surface area contributed by atoms with Gasteiger partial charge in [-0.3, -0.25) is 13.9 Å². The monoisotopic (exact) mass is 459 g/mol. The van der Waals surface area contributed by atoms with Crippen LogP contribution in [-0.4, -0.2) is 50.5 Å². The summed E-state index contributed by atoms with van der Waals surface area (Å²) in [5.41, 5.74) is 4.04. The number of aryl methyl sites for hydroxylation is 3. The zero-order chi connectivity index (χ0) is 24.1. The molecule has 0 aromatic heterocycles. The van der Waals surface area contributed by atoms with Crippen molar-refractivity contribution in [3.05, 3.63) is 64.7 Å². The first-order chi connectivity index (χ1) is 14.9. The lowest BCUT2D eigenvalue weighted by Gasteiger charge is -2.32. The normalized spacial score (nSPS) is 12.2. The van der Waals surface area contributed by atoms with E-state index in [4.69, 9.17) is 0 Å². The number of anilines is 1. The Morgan fingerprint density at radius 1 is 1.00 bits per heavy atom. The first-order valence-electron chi connectivity index (χ1n) is 10.6. The lowest BCUT2D eigenvalue weighted by atomic mass is 10.1. The van der Waals surface area contributed by atoms with Crippen LogP contribution < -0.4 is 9.62 Å². The van der Waals surface area contributed by atoms with Crippen molar-refractivity contribution in [1.29, 1.82) is 0 Å². The van der Waals surface area contributed by atoms with E-state index in [-0.39, 0.29) is 12.5 Å².